The van der Waals surface area contributed by atoms with Gasteiger partial charge in [-0.25, -0.2) is 0 Å². The van der Waals surface area contributed by atoms with Crippen LogP contribution in [0.1, 0.15) is 59.3 Å². The Labute approximate surface area is 116 Å². The highest BCUT2D eigenvalue weighted by molar-refractivity contribution is 5.85. The van der Waals surface area contributed by atoms with Crippen molar-refractivity contribution in [2.45, 2.75) is 64.9 Å². The third-order valence-corrected chi connectivity index (χ3v) is 4.64. The predicted octanol–water partition coefficient (Wildman–Crippen LogP) is 2.37. The number of carbonyl (C=O) groups is 1. The molecule has 2 atom stereocenters. The molecule has 4 nitrogen and oxygen atoms in total. The fourth-order valence-corrected chi connectivity index (χ4v) is 2.59. The lowest BCUT2D eigenvalue weighted by atomic mass is 9.74. The predicted molar refractivity (Wildman–Crippen MR) is 74.2 cm³/mol. The highest BCUT2D eigenvalue weighted by atomic mass is 16.3. The van der Waals surface area contributed by atoms with E-state index in [1.54, 1.807) is 6.92 Å². The monoisotopic (exact) mass is 266 g/mol. The van der Waals surface area contributed by atoms with Gasteiger partial charge in [-0.1, -0.05) is 39.5 Å². The Morgan fingerprint density at radius 2 is 2.05 bits per heavy atom. The smallest absolute Gasteiger partial charge is 0.240 e. The first-order valence-electron chi connectivity index (χ1n) is 7.30. The molecule has 0 spiro atoms. The van der Waals surface area contributed by atoms with E-state index < -0.39 is 11.0 Å². The molecule has 1 fully saturated rings. The van der Waals surface area contributed by atoms with Gasteiger partial charge in [0.1, 0.15) is 5.41 Å². The zero-order chi connectivity index (χ0) is 14.5. The molecule has 1 rings (SSSR count). The molecular formula is C15H26N2O2. The summed E-state index contributed by atoms with van der Waals surface area (Å²) in [5.41, 5.74) is -1.79. The number of hydrogen-bond donors (Lipinski definition) is 2. The molecular weight excluding hydrogens is 240 g/mol. The lowest BCUT2D eigenvalue weighted by molar-refractivity contribution is -0.131. The summed E-state index contributed by atoms with van der Waals surface area (Å²) in [4.78, 5) is 12.3. The minimum Gasteiger partial charge on any atom is -0.388 e. The van der Waals surface area contributed by atoms with E-state index in [-0.39, 0.29) is 18.4 Å². The maximum absolute atomic E-state index is 12.3. The Bertz CT molecular complexity index is 352. The Kier molecular flexibility index (Phi) is 5.37. The van der Waals surface area contributed by atoms with Crippen molar-refractivity contribution in [3.63, 3.8) is 0 Å². The summed E-state index contributed by atoms with van der Waals surface area (Å²) < 4.78 is 0. The van der Waals surface area contributed by atoms with Crippen LogP contribution in [-0.2, 0) is 4.79 Å². The summed E-state index contributed by atoms with van der Waals surface area (Å²) in [5.74, 6) is -0.101. The molecule has 0 bridgehead atoms. The maximum atomic E-state index is 12.3. The number of nitrogens with one attached hydrogen (secondary N) is 1. The summed E-state index contributed by atoms with van der Waals surface area (Å²) in [7, 11) is 0. The van der Waals surface area contributed by atoms with E-state index in [0.717, 1.165) is 25.7 Å². The van der Waals surface area contributed by atoms with Gasteiger partial charge in [0.15, 0.2) is 0 Å². The normalized spacial score (nSPS) is 22.9. The molecule has 1 aliphatic carbocycles. The third kappa shape index (κ3) is 3.70. The largest absolute Gasteiger partial charge is 0.388 e. The summed E-state index contributed by atoms with van der Waals surface area (Å²) in [6.07, 6.45) is 5.10. The topological polar surface area (TPSA) is 73.1 Å². The van der Waals surface area contributed by atoms with Gasteiger partial charge in [-0.3, -0.25) is 4.79 Å². The van der Waals surface area contributed by atoms with Gasteiger partial charge in [-0.05, 0) is 25.7 Å². The SMILES string of the molecule is CCC(C)C(C)(O)CNC(=O)C1(C#N)CCCCC1. The van der Waals surface area contributed by atoms with E-state index in [1.165, 1.54) is 0 Å². The molecule has 0 aromatic carbocycles. The number of carbonyl (C=O) groups excluding carboxylic acids is 1. The van der Waals surface area contributed by atoms with Gasteiger partial charge >= 0.3 is 0 Å². The highest BCUT2D eigenvalue weighted by Crippen LogP contribution is 2.36. The van der Waals surface area contributed by atoms with E-state index >= 15 is 0 Å². The Morgan fingerprint density at radius 1 is 1.47 bits per heavy atom. The second-order valence-electron chi connectivity index (χ2n) is 6.10. The molecule has 2 N–H and O–H groups in total. The standard InChI is InChI=1S/C15H26N2O2/c1-4-12(2)14(3,19)11-17-13(18)15(10-16)8-6-5-7-9-15/h12,19H,4-9,11H2,1-3H3,(H,17,18). The van der Waals surface area contributed by atoms with Crippen LogP contribution in [0.3, 0.4) is 0 Å². The number of aliphatic hydroxyl groups is 1. The highest BCUT2D eigenvalue weighted by Gasteiger charge is 2.40. The number of amides is 1. The molecule has 0 radical (unpaired) electrons. The maximum Gasteiger partial charge on any atom is 0.240 e. The Morgan fingerprint density at radius 3 is 2.53 bits per heavy atom. The summed E-state index contributed by atoms with van der Waals surface area (Å²) in [6.45, 7) is 5.93. The fourth-order valence-electron chi connectivity index (χ4n) is 2.59. The van der Waals surface area contributed by atoms with Gasteiger partial charge in [-0.15, -0.1) is 0 Å². The van der Waals surface area contributed by atoms with Crippen molar-refractivity contribution in [3.05, 3.63) is 0 Å². The van der Waals surface area contributed by atoms with E-state index in [9.17, 15) is 15.2 Å². The Balaban J connectivity index is 2.62. The first kappa shape index (κ1) is 16.0. The molecule has 108 valence electrons. The van der Waals surface area contributed by atoms with Crippen LogP contribution in [0.25, 0.3) is 0 Å². The Hall–Kier alpha value is -1.08. The molecule has 1 saturated carbocycles. The van der Waals surface area contributed by atoms with E-state index in [2.05, 4.69) is 11.4 Å². The summed E-state index contributed by atoms with van der Waals surface area (Å²) in [6, 6.07) is 2.20. The van der Waals surface area contributed by atoms with E-state index in [0.29, 0.717) is 12.8 Å². The minimum absolute atomic E-state index is 0.109. The molecule has 0 heterocycles. The van der Waals surface area contributed by atoms with Crippen molar-refractivity contribution in [2.75, 3.05) is 6.54 Å². The molecule has 1 aliphatic rings. The van der Waals surface area contributed by atoms with Crippen molar-refractivity contribution in [3.8, 4) is 6.07 Å². The summed E-state index contributed by atoms with van der Waals surface area (Å²) in [5, 5.41) is 22.4. The van der Waals surface area contributed by atoms with E-state index in [4.69, 9.17) is 0 Å². The van der Waals surface area contributed by atoms with E-state index in [1.807, 2.05) is 13.8 Å². The fraction of sp³-hybridized carbons (Fsp3) is 0.867. The molecule has 2 unspecified atom stereocenters. The minimum atomic E-state index is -0.921. The number of nitriles is 1. The van der Waals surface area contributed by atoms with Crippen LogP contribution in [0.15, 0.2) is 0 Å². The van der Waals surface area contributed by atoms with Gasteiger partial charge in [0, 0.05) is 6.54 Å². The van der Waals surface area contributed by atoms with Gasteiger partial charge in [0.2, 0.25) is 5.91 Å². The van der Waals surface area contributed by atoms with Gasteiger partial charge in [0.25, 0.3) is 0 Å². The summed E-state index contributed by atoms with van der Waals surface area (Å²) >= 11 is 0. The molecule has 1 amide bonds. The van der Waals surface area contributed by atoms with Crippen molar-refractivity contribution in [1.82, 2.24) is 5.32 Å². The van der Waals surface area contributed by atoms with Crippen molar-refractivity contribution in [1.29, 1.82) is 5.26 Å². The number of nitrogens with zero attached hydrogens (tertiary/aromatic N) is 1. The van der Waals surface area contributed by atoms with Gasteiger partial charge in [-0.2, -0.15) is 5.26 Å². The molecule has 19 heavy (non-hydrogen) atoms. The average Bonchev–Trinajstić information content (AvgIpc) is 2.44. The van der Waals surface area contributed by atoms with Gasteiger partial charge in [0.05, 0.1) is 11.7 Å². The second kappa shape index (κ2) is 6.38. The first-order valence-corrected chi connectivity index (χ1v) is 7.30. The first-order chi connectivity index (χ1) is 8.88. The molecule has 0 saturated heterocycles. The van der Waals surface area contributed by atoms with Crippen LogP contribution in [0, 0.1) is 22.7 Å². The zero-order valence-electron chi connectivity index (χ0n) is 12.3. The molecule has 4 heteroatoms. The third-order valence-electron chi connectivity index (χ3n) is 4.64. The molecule has 0 aromatic rings. The van der Waals surface area contributed by atoms with Crippen molar-refractivity contribution >= 4 is 5.91 Å². The molecule has 0 aromatic heterocycles. The van der Waals surface area contributed by atoms with Gasteiger partial charge < -0.3 is 10.4 Å². The van der Waals surface area contributed by atoms with Crippen LogP contribution in [0.2, 0.25) is 0 Å². The van der Waals surface area contributed by atoms with Crippen LogP contribution >= 0.6 is 0 Å². The number of hydrogen-bond acceptors (Lipinski definition) is 3. The molecule has 0 aliphatic heterocycles. The lowest BCUT2D eigenvalue weighted by Crippen LogP contribution is -2.49. The zero-order valence-corrected chi connectivity index (χ0v) is 12.3. The van der Waals surface area contributed by atoms with Crippen LogP contribution in [-0.4, -0.2) is 23.2 Å². The van der Waals surface area contributed by atoms with Crippen LogP contribution in [0.4, 0.5) is 0 Å². The second-order valence-corrected chi connectivity index (χ2v) is 6.10. The van der Waals surface area contributed by atoms with Crippen LogP contribution < -0.4 is 5.32 Å². The lowest BCUT2D eigenvalue weighted by Gasteiger charge is -2.33. The van der Waals surface area contributed by atoms with Crippen LogP contribution in [0.5, 0.6) is 0 Å². The number of rotatable bonds is 5. The van der Waals surface area contributed by atoms with Crippen molar-refractivity contribution in [2.24, 2.45) is 11.3 Å². The van der Waals surface area contributed by atoms with Crippen molar-refractivity contribution < 1.29 is 9.90 Å². The average molecular weight is 266 g/mol. The quantitative estimate of drug-likeness (QED) is 0.802.